The molecule has 0 heteroatoms. The Balaban J connectivity index is -0.0000000255. The van der Waals surface area contributed by atoms with Gasteiger partial charge in [-0.2, -0.15) is 0 Å². The summed E-state index contributed by atoms with van der Waals surface area (Å²) in [5.41, 5.74) is 0. The van der Waals surface area contributed by atoms with E-state index in [1.165, 1.54) is 0 Å². The van der Waals surface area contributed by atoms with Crippen LogP contribution in [-0.2, 0) is 0 Å². The zero-order valence-corrected chi connectivity index (χ0v) is 11.6. The fraction of sp³-hybridized carbons (Fsp3) is 0.571. The van der Waals surface area contributed by atoms with Crippen LogP contribution in [0.15, 0.2) is 38.0 Å². The Hall–Kier alpha value is -0.780. The molecule has 0 aromatic carbocycles. The number of allylic oxidation sites excluding steroid dienone is 3. The van der Waals surface area contributed by atoms with Crippen LogP contribution in [0.25, 0.3) is 0 Å². The minimum Gasteiger partial charge on any atom is -0.103 e. The average Bonchev–Trinajstić information content (AvgIpc) is 2.36. The second-order valence-corrected chi connectivity index (χ2v) is 1.17. The first-order chi connectivity index (χ1) is 6.83. The van der Waals surface area contributed by atoms with Crippen LogP contribution < -0.4 is 0 Å². The Kier molecular flexibility index (Phi) is 310. The van der Waals surface area contributed by atoms with Gasteiger partial charge in [0.1, 0.15) is 0 Å². The lowest BCUT2D eigenvalue weighted by molar-refractivity contribution is 1.23. The van der Waals surface area contributed by atoms with Crippen molar-refractivity contribution in [2.75, 3.05) is 0 Å². The van der Waals surface area contributed by atoms with Gasteiger partial charge in [0.25, 0.3) is 0 Å². The summed E-state index contributed by atoms with van der Waals surface area (Å²) in [6.07, 6.45) is 6.24. The Morgan fingerprint density at radius 1 is 0.714 bits per heavy atom. The molecular formula is C14H32. The Morgan fingerprint density at radius 3 is 0.857 bits per heavy atom. The van der Waals surface area contributed by atoms with E-state index in [1.807, 2.05) is 47.6 Å². The molecule has 0 nitrogen and oxygen atoms in total. The van der Waals surface area contributed by atoms with E-state index in [0.717, 1.165) is 6.42 Å². The molecule has 0 amide bonds. The molecule has 0 bridgehead atoms. The zero-order valence-electron chi connectivity index (χ0n) is 11.6. The summed E-state index contributed by atoms with van der Waals surface area (Å²) >= 11 is 0. The van der Waals surface area contributed by atoms with Crippen molar-refractivity contribution in [3.8, 4) is 0 Å². The van der Waals surface area contributed by atoms with Crippen LogP contribution >= 0.6 is 0 Å². The van der Waals surface area contributed by atoms with E-state index < -0.39 is 0 Å². The van der Waals surface area contributed by atoms with Gasteiger partial charge in [0.15, 0.2) is 0 Å². The zero-order chi connectivity index (χ0) is 12.8. The van der Waals surface area contributed by atoms with E-state index in [9.17, 15) is 0 Å². The van der Waals surface area contributed by atoms with Crippen LogP contribution in [0.2, 0.25) is 0 Å². The lowest BCUT2D eigenvalue weighted by Crippen LogP contribution is -1.36. The maximum absolute atomic E-state index is 3.48. The molecular weight excluding hydrogens is 168 g/mol. The summed E-state index contributed by atoms with van der Waals surface area (Å²) < 4.78 is 0. The molecule has 0 atom stereocenters. The largest absolute Gasteiger partial charge is 0.103 e. The lowest BCUT2D eigenvalue weighted by Gasteiger charge is -1.57. The molecule has 0 unspecified atom stereocenters. The van der Waals surface area contributed by atoms with Crippen molar-refractivity contribution in [1.29, 1.82) is 0 Å². The molecule has 0 radical (unpaired) electrons. The van der Waals surface area contributed by atoms with Crippen molar-refractivity contribution in [1.82, 2.24) is 0 Å². The highest BCUT2D eigenvalue weighted by atomic mass is 13.5. The first-order valence-electron chi connectivity index (χ1n) is 5.67. The average molecular weight is 200 g/mol. The molecule has 0 aromatic rings. The molecule has 0 aromatic heterocycles. The minimum atomic E-state index is 1.08. The predicted molar refractivity (Wildman–Crippen MR) is 74.9 cm³/mol. The second-order valence-electron chi connectivity index (χ2n) is 1.17. The van der Waals surface area contributed by atoms with Gasteiger partial charge in [0.2, 0.25) is 0 Å². The van der Waals surface area contributed by atoms with Crippen LogP contribution in [-0.4, -0.2) is 0 Å². The molecule has 0 heterocycles. The standard InChI is InChI=1S/C4H8.C4H6.3C2H6/c2*1-3-4-2;3*1-2/h3H,1,4H2,2H3;3-4H,1-2H2;3*1-2H3. The van der Waals surface area contributed by atoms with Gasteiger partial charge in [-0.1, -0.05) is 79.9 Å². The third-order valence-electron chi connectivity index (χ3n) is 0.455. The van der Waals surface area contributed by atoms with Crippen LogP contribution in [0.3, 0.4) is 0 Å². The number of hydrogen-bond acceptors (Lipinski definition) is 0. The van der Waals surface area contributed by atoms with Gasteiger partial charge in [-0.25, -0.2) is 0 Å². The Labute approximate surface area is 93.4 Å². The van der Waals surface area contributed by atoms with Gasteiger partial charge in [-0.3, -0.25) is 0 Å². The summed E-state index contributed by atoms with van der Waals surface area (Å²) in [6.45, 7) is 24.3. The Bertz CT molecular complexity index is 54.4. The molecule has 0 fully saturated rings. The molecule has 0 aliphatic heterocycles. The van der Waals surface area contributed by atoms with Gasteiger partial charge in [-0.15, -0.1) is 6.58 Å². The van der Waals surface area contributed by atoms with E-state index in [2.05, 4.69) is 26.7 Å². The number of hydrogen-bond donors (Lipinski definition) is 0. The van der Waals surface area contributed by atoms with Gasteiger partial charge >= 0.3 is 0 Å². The van der Waals surface area contributed by atoms with E-state index in [4.69, 9.17) is 0 Å². The summed E-state index contributed by atoms with van der Waals surface area (Å²) in [5, 5.41) is 0. The SMILES string of the molecule is C=CC=C.C=CCC.CC.CC.CC. The van der Waals surface area contributed by atoms with E-state index >= 15 is 0 Å². The molecule has 0 aliphatic carbocycles. The first kappa shape index (κ1) is 29.2. The molecule has 0 rings (SSSR count). The van der Waals surface area contributed by atoms with E-state index in [-0.39, 0.29) is 0 Å². The smallest absolute Gasteiger partial charge is 0.0382 e. The van der Waals surface area contributed by atoms with Crippen molar-refractivity contribution in [3.05, 3.63) is 38.0 Å². The van der Waals surface area contributed by atoms with Crippen LogP contribution in [0.5, 0.6) is 0 Å². The first-order valence-corrected chi connectivity index (χ1v) is 5.67. The lowest BCUT2D eigenvalue weighted by atomic mass is 10.5. The second kappa shape index (κ2) is 148. The van der Waals surface area contributed by atoms with Crippen molar-refractivity contribution >= 4 is 0 Å². The van der Waals surface area contributed by atoms with Crippen molar-refractivity contribution in [2.45, 2.75) is 54.9 Å². The molecule has 14 heavy (non-hydrogen) atoms. The highest BCUT2D eigenvalue weighted by Gasteiger charge is 1.45. The summed E-state index contributed by atoms with van der Waals surface area (Å²) in [7, 11) is 0. The molecule has 0 aliphatic rings. The molecule has 88 valence electrons. The third kappa shape index (κ3) is 787. The van der Waals surface area contributed by atoms with Crippen LogP contribution in [0, 0.1) is 0 Å². The predicted octanol–water partition coefficient (Wildman–Crippen LogP) is 6.02. The molecule has 0 spiro atoms. The van der Waals surface area contributed by atoms with Crippen LogP contribution in [0.1, 0.15) is 54.9 Å². The van der Waals surface area contributed by atoms with Crippen molar-refractivity contribution in [2.24, 2.45) is 0 Å². The highest BCUT2D eigenvalue weighted by molar-refractivity contribution is 4.88. The van der Waals surface area contributed by atoms with E-state index in [1.54, 1.807) is 12.2 Å². The topological polar surface area (TPSA) is 0 Å². The molecule has 0 N–H and O–H groups in total. The number of rotatable bonds is 2. The third-order valence-corrected chi connectivity index (χ3v) is 0.455. The van der Waals surface area contributed by atoms with Gasteiger partial charge < -0.3 is 0 Å². The summed E-state index contributed by atoms with van der Waals surface area (Å²) in [6, 6.07) is 0. The Morgan fingerprint density at radius 2 is 0.857 bits per heavy atom. The van der Waals surface area contributed by atoms with Crippen molar-refractivity contribution in [3.63, 3.8) is 0 Å². The molecule has 0 saturated carbocycles. The monoisotopic (exact) mass is 200 g/mol. The maximum Gasteiger partial charge on any atom is -0.0382 e. The fourth-order valence-corrected chi connectivity index (χ4v) is 0. The quantitative estimate of drug-likeness (QED) is 0.378. The minimum absolute atomic E-state index is 1.08. The van der Waals surface area contributed by atoms with Gasteiger partial charge in [0, 0.05) is 0 Å². The normalized spacial score (nSPS) is 4.50. The summed E-state index contributed by atoms with van der Waals surface area (Å²) in [5.74, 6) is 0. The van der Waals surface area contributed by atoms with Gasteiger partial charge in [-0.05, 0) is 6.42 Å². The highest BCUT2D eigenvalue weighted by Crippen LogP contribution is 1.66. The van der Waals surface area contributed by atoms with Gasteiger partial charge in [0.05, 0.1) is 0 Å². The maximum atomic E-state index is 3.48. The van der Waals surface area contributed by atoms with Crippen LogP contribution in [0.4, 0.5) is 0 Å². The van der Waals surface area contributed by atoms with E-state index in [0.29, 0.717) is 0 Å². The van der Waals surface area contributed by atoms with Crippen molar-refractivity contribution < 1.29 is 0 Å². The fourth-order valence-electron chi connectivity index (χ4n) is 0. The molecule has 0 saturated heterocycles. The summed E-state index contributed by atoms with van der Waals surface area (Å²) in [4.78, 5) is 0.